The molecule has 1 aliphatic rings. The summed E-state index contributed by atoms with van der Waals surface area (Å²) >= 11 is 3.36. The van der Waals surface area contributed by atoms with E-state index in [1.165, 1.54) is 0 Å². The molecular formula is C17H12BrNO3. The minimum absolute atomic E-state index is 0.270. The Bertz CT molecular complexity index is 779. The maximum absolute atomic E-state index is 11.9. The number of benzene rings is 2. The van der Waals surface area contributed by atoms with Crippen LogP contribution in [0.1, 0.15) is 11.1 Å². The Labute approximate surface area is 136 Å². The van der Waals surface area contributed by atoms with E-state index in [1.807, 2.05) is 48.5 Å². The Morgan fingerprint density at radius 3 is 2.68 bits per heavy atom. The van der Waals surface area contributed by atoms with Gasteiger partial charge in [-0.05, 0) is 48.0 Å². The molecule has 2 aromatic carbocycles. The van der Waals surface area contributed by atoms with Gasteiger partial charge in [0, 0.05) is 10.0 Å². The lowest BCUT2D eigenvalue weighted by Gasteiger charge is -2.00. The van der Waals surface area contributed by atoms with Crippen LogP contribution in [0.25, 0.3) is 6.08 Å². The van der Waals surface area contributed by atoms with Gasteiger partial charge in [-0.25, -0.2) is 9.79 Å². The van der Waals surface area contributed by atoms with Crippen molar-refractivity contribution in [2.24, 2.45) is 4.99 Å². The monoisotopic (exact) mass is 357 g/mol. The zero-order valence-corrected chi connectivity index (χ0v) is 13.3. The normalized spacial score (nSPS) is 15.6. The first-order valence-corrected chi connectivity index (χ1v) is 7.37. The Hall–Kier alpha value is -2.40. The highest BCUT2D eigenvalue weighted by Crippen LogP contribution is 2.22. The van der Waals surface area contributed by atoms with Gasteiger partial charge in [0.2, 0.25) is 5.90 Å². The Kier molecular flexibility index (Phi) is 4.06. The second kappa shape index (κ2) is 6.15. The first-order chi connectivity index (χ1) is 10.7. The summed E-state index contributed by atoms with van der Waals surface area (Å²) in [5.74, 6) is 0.574. The van der Waals surface area contributed by atoms with Crippen molar-refractivity contribution in [2.75, 3.05) is 7.11 Å². The number of carbonyl (C=O) groups is 1. The van der Waals surface area contributed by atoms with Crippen LogP contribution in [0.4, 0.5) is 0 Å². The van der Waals surface area contributed by atoms with E-state index in [0.29, 0.717) is 5.90 Å². The fraction of sp³-hybridized carbons (Fsp3) is 0.0588. The molecule has 1 heterocycles. The molecule has 3 rings (SSSR count). The van der Waals surface area contributed by atoms with Crippen molar-refractivity contribution in [1.82, 2.24) is 0 Å². The van der Waals surface area contributed by atoms with Gasteiger partial charge in [-0.2, -0.15) is 0 Å². The molecule has 0 N–H and O–H groups in total. The van der Waals surface area contributed by atoms with E-state index >= 15 is 0 Å². The predicted octanol–water partition coefficient (Wildman–Crippen LogP) is 3.80. The molecule has 0 amide bonds. The van der Waals surface area contributed by atoms with E-state index in [-0.39, 0.29) is 5.70 Å². The second-order valence-electron chi connectivity index (χ2n) is 4.62. The van der Waals surface area contributed by atoms with Crippen LogP contribution < -0.4 is 4.74 Å². The molecule has 0 aromatic heterocycles. The average molecular weight is 358 g/mol. The van der Waals surface area contributed by atoms with Crippen LogP contribution in [0.3, 0.4) is 0 Å². The Morgan fingerprint density at radius 2 is 1.95 bits per heavy atom. The van der Waals surface area contributed by atoms with E-state index < -0.39 is 5.97 Å². The molecule has 5 heteroatoms. The van der Waals surface area contributed by atoms with Crippen LogP contribution in [-0.4, -0.2) is 19.0 Å². The van der Waals surface area contributed by atoms with Crippen LogP contribution >= 0.6 is 15.9 Å². The number of ether oxygens (including phenoxy) is 2. The molecule has 2 aromatic rings. The van der Waals surface area contributed by atoms with Gasteiger partial charge in [0.15, 0.2) is 5.70 Å². The van der Waals surface area contributed by atoms with Crippen LogP contribution in [0.2, 0.25) is 0 Å². The molecule has 4 nitrogen and oxygen atoms in total. The quantitative estimate of drug-likeness (QED) is 0.619. The number of halogens is 1. The van der Waals surface area contributed by atoms with Gasteiger partial charge in [0.25, 0.3) is 0 Å². The number of rotatable bonds is 3. The zero-order chi connectivity index (χ0) is 15.5. The summed E-state index contributed by atoms with van der Waals surface area (Å²) < 4.78 is 11.3. The molecule has 0 spiro atoms. The number of nitrogens with zero attached hydrogens (tertiary/aromatic N) is 1. The fourth-order valence-corrected chi connectivity index (χ4v) is 2.28. The van der Waals surface area contributed by atoms with E-state index in [4.69, 9.17) is 9.47 Å². The van der Waals surface area contributed by atoms with Gasteiger partial charge < -0.3 is 9.47 Å². The van der Waals surface area contributed by atoms with E-state index in [1.54, 1.807) is 13.2 Å². The SMILES string of the molecule is COc1cccc(C=C2N=C(c3ccc(Br)cc3)OC2=O)c1. The fourth-order valence-electron chi connectivity index (χ4n) is 2.01. The molecular weight excluding hydrogens is 346 g/mol. The minimum Gasteiger partial charge on any atom is -0.497 e. The first-order valence-electron chi connectivity index (χ1n) is 6.58. The largest absolute Gasteiger partial charge is 0.497 e. The van der Waals surface area contributed by atoms with Crippen molar-refractivity contribution >= 4 is 33.9 Å². The number of methoxy groups -OCH3 is 1. The topological polar surface area (TPSA) is 47.9 Å². The van der Waals surface area contributed by atoms with Gasteiger partial charge in [-0.1, -0.05) is 28.1 Å². The highest BCUT2D eigenvalue weighted by molar-refractivity contribution is 9.10. The molecule has 0 unspecified atom stereocenters. The highest BCUT2D eigenvalue weighted by atomic mass is 79.9. The standard InChI is InChI=1S/C17H12BrNO3/c1-21-14-4-2-3-11(9-14)10-15-17(20)22-16(19-15)12-5-7-13(18)8-6-12/h2-10H,1H3. The van der Waals surface area contributed by atoms with Crippen molar-refractivity contribution < 1.29 is 14.3 Å². The number of esters is 1. The maximum Gasteiger partial charge on any atom is 0.363 e. The van der Waals surface area contributed by atoms with Crippen molar-refractivity contribution in [3.8, 4) is 5.75 Å². The van der Waals surface area contributed by atoms with Crippen molar-refractivity contribution in [1.29, 1.82) is 0 Å². The average Bonchev–Trinajstić information content (AvgIpc) is 2.89. The Balaban J connectivity index is 1.92. The first kappa shape index (κ1) is 14.5. The van der Waals surface area contributed by atoms with Crippen LogP contribution in [0.5, 0.6) is 5.75 Å². The summed E-state index contributed by atoms with van der Waals surface area (Å²) in [4.78, 5) is 16.2. The van der Waals surface area contributed by atoms with Gasteiger partial charge in [-0.3, -0.25) is 0 Å². The molecule has 0 fully saturated rings. The van der Waals surface area contributed by atoms with Crippen LogP contribution in [-0.2, 0) is 9.53 Å². The van der Waals surface area contributed by atoms with E-state index in [2.05, 4.69) is 20.9 Å². The molecule has 0 radical (unpaired) electrons. The summed E-state index contributed by atoms with van der Waals surface area (Å²) in [6.45, 7) is 0. The molecule has 22 heavy (non-hydrogen) atoms. The summed E-state index contributed by atoms with van der Waals surface area (Å²) in [5.41, 5.74) is 1.85. The molecule has 0 saturated carbocycles. The summed E-state index contributed by atoms with van der Waals surface area (Å²) in [7, 11) is 1.60. The van der Waals surface area contributed by atoms with Gasteiger partial charge >= 0.3 is 5.97 Å². The van der Waals surface area contributed by atoms with Crippen molar-refractivity contribution in [2.45, 2.75) is 0 Å². The predicted molar refractivity (Wildman–Crippen MR) is 87.7 cm³/mol. The van der Waals surface area contributed by atoms with Crippen molar-refractivity contribution in [3.05, 3.63) is 69.8 Å². The lowest BCUT2D eigenvalue weighted by Crippen LogP contribution is -2.05. The zero-order valence-electron chi connectivity index (χ0n) is 11.7. The molecule has 0 aliphatic carbocycles. The van der Waals surface area contributed by atoms with Gasteiger partial charge in [0.05, 0.1) is 7.11 Å². The Morgan fingerprint density at radius 1 is 1.18 bits per heavy atom. The summed E-state index contributed by atoms with van der Waals surface area (Å²) in [6, 6.07) is 14.8. The van der Waals surface area contributed by atoms with E-state index in [9.17, 15) is 4.79 Å². The van der Waals surface area contributed by atoms with Crippen LogP contribution in [0.15, 0.2) is 63.7 Å². The van der Waals surface area contributed by atoms with Gasteiger partial charge in [0.1, 0.15) is 5.75 Å². The minimum atomic E-state index is -0.458. The second-order valence-corrected chi connectivity index (χ2v) is 5.54. The molecule has 0 bridgehead atoms. The number of hydrogen-bond acceptors (Lipinski definition) is 4. The summed E-state index contributed by atoms with van der Waals surface area (Å²) in [6.07, 6.45) is 1.68. The smallest absolute Gasteiger partial charge is 0.363 e. The molecule has 0 saturated heterocycles. The maximum atomic E-state index is 11.9. The third kappa shape index (κ3) is 3.09. The number of carbonyl (C=O) groups excluding carboxylic acids is 1. The lowest BCUT2D eigenvalue weighted by atomic mass is 10.2. The van der Waals surface area contributed by atoms with Crippen molar-refractivity contribution in [3.63, 3.8) is 0 Å². The van der Waals surface area contributed by atoms with Crippen LogP contribution in [0, 0.1) is 0 Å². The molecule has 1 aliphatic heterocycles. The third-order valence-corrected chi connectivity index (χ3v) is 3.64. The highest BCUT2D eigenvalue weighted by Gasteiger charge is 2.24. The number of cyclic esters (lactones) is 1. The molecule has 110 valence electrons. The van der Waals surface area contributed by atoms with E-state index in [0.717, 1.165) is 21.3 Å². The lowest BCUT2D eigenvalue weighted by molar-refractivity contribution is -0.129. The third-order valence-electron chi connectivity index (χ3n) is 3.11. The number of aliphatic imine (C=N–C) groups is 1. The number of hydrogen-bond donors (Lipinski definition) is 0. The summed E-state index contributed by atoms with van der Waals surface area (Å²) in [5, 5.41) is 0. The molecule has 0 atom stereocenters. The van der Waals surface area contributed by atoms with Gasteiger partial charge in [-0.15, -0.1) is 0 Å².